The van der Waals surface area contributed by atoms with Crippen molar-refractivity contribution in [1.29, 1.82) is 0 Å². The smallest absolute Gasteiger partial charge is 0.223 e. The van der Waals surface area contributed by atoms with E-state index in [1.165, 1.54) is 0 Å². The van der Waals surface area contributed by atoms with Crippen molar-refractivity contribution in [3.05, 3.63) is 0 Å². The van der Waals surface area contributed by atoms with E-state index in [1.807, 2.05) is 6.92 Å². The van der Waals surface area contributed by atoms with E-state index in [4.69, 9.17) is 0 Å². The summed E-state index contributed by atoms with van der Waals surface area (Å²) in [7, 11) is -3.13. The van der Waals surface area contributed by atoms with Crippen molar-refractivity contribution in [2.24, 2.45) is 11.8 Å². The largest absolute Gasteiger partial charge is 0.355 e. The van der Waals surface area contributed by atoms with Gasteiger partial charge >= 0.3 is 0 Å². The maximum absolute atomic E-state index is 11.3. The second-order valence-corrected chi connectivity index (χ2v) is 6.00. The van der Waals surface area contributed by atoms with Crippen LogP contribution in [0.5, 0.6) is 0 Å². The van der Waals surface area contributed by atoms with E-state index < -0.39 is 10.0 Å². The van der Waals surface area contributed by atoms with Gasteiger partial charge in [0.05, 0.1) is 5.75 Å². The number of sulfonamides is 1. The first kappa shape index (κ1) is 12.4. The standard InChI is InChI=1S/C9H18N2O3S/c1-3-15(13,14)11-5-4-10-9(12)8-6-7(8)2/h7-8,11H,3-6H2,1-2H3,(H,10,12)/t7-,8-/m0/s1. The Hall–Kier alpha value is -0.620. The molecule has 0 aliphatic heterocycles. The van der Waals surface area contributed by atoms with Crippen LogP contribution in [0.2, 0.25) is 0 Å². The molecule has 5 nitrogen and oxygen atoms in total. The van der Waals surface area contributed by atoms with Crippen LogP contribution >= 0.6 is 0 Å². The predicted octanol–water partition coefficient (Wildman–Crippen LogP) is -0.302. The molecule has 1 saturated carbocycles. The molecule has 1 fully saturated rings. The Bertz CT molecular complexity index is 326. The average Bonchev–Trinajstić information content (AvgIpc) is 2.90. The van der Waals surface area contributed by atoms with Gasteiger partial charge in [-0.25, -0.2) is 13.1 Å². The van der Waals surface area contributed by atoms with Gasteiger partial charge in [-0.05, 0) is 19.3 Å². The summed E-state index contributed by atoms with van der Waals surface area (Å²) in [4.78, 5) is 11.3. The monoisotopic (exact) mass is 234 g/mol. The molecule has 88 valence electrons. The van der Waals surface area contributed by atoms with E-state index >= 15 is 0 Å². The van der Waals surface area contributed by atoms with Crippen LogP contribution in [0.3, 0.4) is 0 Å². The van der Waals surface area contributed by atoms with Gasteiger partial charge in [0.1, 0.15) is 0 Å². The Morgan fingerprint density at radius 3 is 2.47 bits per heavy atom. The molecule has 0 bridgehead atoms. The Balaban J connectivity index is 2.09. The lowest BCUT2D eigenvalue weighted by Gasteiger charge is -2.05. The third kappa shape index (κ3) is 4.17. The Morgan fingerprint density at radius 1 is 1.40 bits per heavy atom. The highest BCUT2D eigenvalue weighted by Crippen LogP contribution is 2.37. The summed E-state index contributed by atoms with van der Waals surface area (Å²) in [5.74, 6) is 0.740. The van der Waals surface area contributed by atoms with Crippen LogP contribution in [-0.2, 0) is 14.8 Å². The molecule has 2 atom stereocenters. The van der Waals surface area contributed by atoms with E-state index in [2.05, 4.69) is 10.0 Å². The van der Waals surface area contributed by atoms with Crippen molar-refractivity contribution in [3.63, 3.8) is 0 Å². The fraction of sp³-hybridized carbons (Fsp3) is 0.889. The molecule has 1 amide bonds. The maximum Gasteiger partial charge on any atom is 0.223 e. The number of nitrogens with one attached hydrogen (secondary N) is 2. The van der Waals surface area contributed by atoms with E-state index in [-0.39, 0.29) is 24.1 Å². The van der Waals surface area contributed by atoms with Crippen LogP contribution in [0.4, 0.5) is 0 Å². The first-order valence-corrected chi connectivity index (χ1v) is 6.86. The van der Waals surface area contributed by atoms with E-state index in [9.17, 15) is 13.2 Å². The van der Waals surface area contributed by atoms with Gasteiger partial charge < -0.3 is 5.32 Å². The second-order valence-electron chi connectivity index (χ2n) is 3.91. The Morgan fingerprint density at radius 2 is 2.00 bits per heavy atom. The van der Waals surface area contributed by atoms with Crippen molar-refractivity contribution < 1.29 is 13.2 Å². The molecule has 1 aliphatic carbocycles. The molecule has 0 unspecified atom stereocenters. The van der Waals surface area contributed by atoms with Gasteiger partial charge in [0.15, 0.2) is 0 Å². The van der Waals surface area contributed by atoms with Gasteiger partial charge in [0, 0.05) is 19.0 Å². The van der Waals surface area contributed by atoms with Crippen LogP contribution in [0, 0.1) is 11.8 Å². The zero-order chi connectivity index (χ0) is 11.5. The lowest BCUT2D eigenvalue weighted by molar-refractivity contribution is -0.122. The molecular weight excluding hydrogens is 216 g/mol. The summed E-state index contributed by atoms with van der Waals surface area (Å²) in [6.45, 7) is 4.24. The van der Waals surface area contributed by atoms with Gasteiger partial charge in [0.2, 0.25) is 15.9 Å². The molecule has 1 aliphatic rings. The zero-order valence-electron chi connectivity index (χ0n) is 9.12. The predicted molar refractivity (Wildman–Crippen MR) is 57.7 cm³/mol. The summed E-state index contributed by atoms with van der Waals surface area (Å²) in [5, 5.41) is 2.71. The number of carbonyl (C=O) groups is 1. The highest BCUT2D eigenvalue weighted by Gasteiger charge is 2.38. The van der Waals surface area contributed by atoms with E-state index in [0.29, 0.717) is 12.5 Å². The third-order valence-corrected chi connectivity index (χ3v) is 3.98. The molecule has 0 aromatic carbocycles. The van der Waals surface area contributed by atoms with Crippen molar-refractivity contribution in [2.45, 2.75) is 20.3 Å². The lowest BCUT2D eigenvalue weighted by atomic mass is 10.3. The normalized spacial score (nSPS) is 24.9. The number of amides is 1. The Kier molecular flexibility index (Phi) is 4.10. The molecule has 2 N–H and O–H groups in total. The van der Waals surface area contributed by atoms with Gasteiger partial charge in [-0.3, -0.25) is 4.79 Å². The summed E-state index contributed by atoms with van der Waals surface area (Å²) in [5.41, 5.74) is 0. The first-order valence-electron chi connectivity index (χ1n) is 5.21. The summed E-state index contributed by atoms with van der Waals surface area (Å²) >= 11 is 0. The average molecular weight is 234 g/mol. The van der Waals surface area contributed by atoms with E-state index in [0.717, 1.165) is 6.42 Å². The SMILES string of the molecule is CCS(=O)(=O)NCCNC(=O)[C@H]1C[C@@H]1C. The van der Waals surface area contributed by atoms with Gasteiger partial charge in [0.25, 0.3) is 0 Å². The lowest BCUT2D eigenvalue weighted by Crippen LogP contribution is -2.36. The zero-order valence-corrected chi connectivity index (χ0v) is 9.93. The molecule has 1 rings (SSSR count). The molecule has 0 spiro atoms. The summed E-state index contributed by atoms with van der Waals surface area (Å²) < 4.78 is 24.4. The quantitative estimate of drug-likeness (QED) is 0.619. The van der Waals surface area contributed by atoms with Gasteiger partial charge in [-0.1, -0.05) is 6.92 Å². The third-order valence-electron chi connectivity index (χ3n) is 2.57. The van der Waals surface area contributed by atoms with E-state index in [1.54, 1.807) is 6.92 Å². The molecule has 0 aromatic rings. The molecular formula is C9H18N2O3S. The molecule has 0 aromatic heterocycles. The highest BCUT2D eigenvalue weighted by atomic mass is 32.2. The number of carbonyl (C=O) groups excluding carboxylic acids is 1. The van der Waals surface area contributed by atoms with Crippen LogP contribution in [-0.4, -0.2) is 33.2 Å². The summed E-state index contributed by atoms with van der Waals surface area (Å²) in [6, 6.07) is 0. The van der Waals surface area contributed by atoms with Gasteiger partial charge in [-0.2, -0.15) is 0 Å². The summed E-state index contributed by atoms with van der Waals surface area (Å²) in [6.07, 6.45) is 0.951. The van der Waals surface area contributed by atoms with Gasteiger partial charge in [-0.15, -0.1) is 0 Å². The van der Waals surface area contributed by atoms with Crippen LogP contribution in [0.25, 0.3) is 0 Å². The first-order chi connectivity index (χ1) is 6.96. The van der Waals surface area contributed by atoms with Crippen molar-refractivity contribution >= 4 is 15.9 Å². The molecule has 0 radical (unpaired) electrons. The topological polar surface area (TPSA) is 75.3 Å². The Labute approximate surface area is 90.7 Å². The van der Waals surface area contributed by atoms with Crippen molar-refractivity contribution in [1.82, 2.24) is 10.0 Å². The van der Waals surface area contributed by atoms with Crippen LogP contribution < -0.4 is 10.0 Å². The minimum Gasteiger partial charge on any atom is -0.355 e. The number of hydrogen-bond donors (Lipinski definition) is 2. The van der Waals surface area contributed by atoms with Crippen LogP contribution in [0.1, 0.15) is 20.3 Å². The van der Waals surface area contributed by atoms with Crippen molar-refractivity contribution in [3.8, 4) is 0 Å². The molecule has 0 heterocycles. The van der Waals surface area contributed by atoms with Crippen LogP contribution in [0.15, 0.2) is 0 Å². The molecule has 15 heavy (non-hydrogen) atoms. The fourth-order valence-corrected chi connectivity index (χ4v) is 1.93. The molecule has 6 heteroatoms. The second kappa shape index (κ2) is 4.94. The molecule has 0 saturated heterocycles. The minimum atomic E-state index is -3.13. The van der Waals surface area contributed by atoms with Crippen molar-refractivity contribution in [2.75, 3.05) is 18.8 Å². The number of rotatable bonds is 6. The minimum absolute atomic E-state index is 0.0400. The fourth-order valence-electron chi connectivity index (χ4n) is 1.31. The highest BCUT2D eigenvalue weighted by molar-refractivity contribution is 7.89. The number of hydrogen-bond acceptors (Lipinski definition) is 3. The maximum atomic E-state index is 11.3.